The van der Waals surface area contributed by atoms with E-state index in [9.17, 15) is 0 Å². The molecule has 1 aliphatic rings. The number of benzene rings is 2. The number of rotatable bonds is 1. The van der Waals surface area contributed by atoms with Crippen LogP contribution in [0.4, 0.5) is 5.69 Å². The molecule has 1 heterocycles. The van der Waals surface area contributed by atoms with Crippen LogP contribution in [0.1, 0.15) is 22.6 Å². The van der Waals surface area contributed by atoms with Crippen LogP contribution in [0.3, 0.4) is 0 Å². The second-order valence-corrected chi connectivity index (χ2v) is 5.95. The maximum absolute atomic E-state index is 6.21. The molecule has 21 heavy (non-hydrogen) atoms. The predicted molar refractivity (Wildman–Crippen MR) is 89.2 cm³/mol. The molecular weight excluding hydrogens is 282 g/mol. The highest BCUT2D eigenvalue weighted by atomic mass is 35.5. The summed E-state index contributed by atoms with van der Waals surface area (Å²) in [6.45, 7) is 0.727. The number of fused-ring (bicyclic) bond motifs is 1. The van der Waals surface area contributed by atoms with Gasteiger partial charge in [-0.1, -0.05) is 23.7 Å². The molecule has 1 unspecified atom stereocenters. The van der Waals surface area contributed by atoms with Gasteiger partial charge in [0.15, 0.2) is 0 Å². The minimum atomic E-state index is 0.225. The molecule has 0 spiro atoms. The first-order valence-electron chi connectivity index (χ1n) is 6.93. The lowest BCUT2D eigenvalue weighted by Crippen LogP contribution is -2.29. The summed E-state index contributed by atoms with van der Waals surface area (Å²) in [6.07, 6.45) is 0. The van der Waals surface area contributed by atoms with Gasteiger partial charge in [0.25, 0.3) is 0 Å². The van der Waals surface area contributed by atoms with Crippen molar-refractivity contribution in [1.82, 2.24) is 4.90 Å². The van der Waals surface area contributed by atoms with Crippen LogP contribution < -0.4 is 5.73 Å². The predicted octanol–water partition coefficient (Wildman–Crippen LogP) is 3.38. The molecule has 0 fully saturated rings. The van der Waals surface area contributed by atoms with Gasteiger partial charge in [0.2, 0.25) is 0 Å². The number of nitrogens with two attached hydrogens (primary N) is 1. The molecule has 2 aromatic rings. The smallest absolute Gasteiger partial charge is 0.130 e. The van der Waals surface area contributed by atoms with E-state index in [0.29, 0.717) is 0 Å². The van der Waals surface area contributed by atoms with Crippen molar-refractivity contribution < 1.29 is 0 Å². The van der Waals surface area contributed by atoms with E-state index in [1.54, 1.807) is 0 Å². The van der Waals surface area contributed by atoms with E-state index >= 15 is 0 Å². The number of nitrogen functional groups attached to an aromatic ring is 1. The van der Waals surface area contributed by atoms with Gasteiger partial charge in [-0.05, 0) is 41.5 Å². The Labute approximate surface area is 130 Å². The fourth-order valence-corrected chi connectivity index (χ4v) is 2.96. The van der Waals surface area contributed by atoms with E-state index in [-0.39, 0.29) is 5.92 Å². The van der Waals surface area contributed by atoms with Crippen molar-refractivity contribution >= 4 is 23.1 Å². The summed E-state index contributed by atoms with van der Waals surface area (Å²) in [5, 5.41) is 0.759. The standard InChI is InChI=1S/C17H18ClN3/c1-21(2)17-14-8-5-12(18)9-15(14)16(10-20-17)11-3-6-13(19)7-4-11/h3-9,16H,10,19H2,1-2H3. The molecule has 3 nitrogen and oxygen atoms in total. The molecule has 0 radical (unpaired) electrons. The molecule has 4 heteroatoms. The van der Waals surface area contributed by atoms with E-state index in [0.717, 1.165) is 28.7 Å². The molecule has 108 valence electrons. The quantitative estimate of drug-likeness (QED) is 0.820. The monoisotopic (exact) mass is 299 g/mol. The Balaban J connectivity index is 2.10. The van der Waals surface area contributed by atoms with Crippen molar-refractivity contribution in [3.63, 3.8) is 0 Å². The first kappa shape index (κ1) is 14.0. The van der Waals surface area contributed by atoms with Crippen molar-refractivity contribution in [3.05, 3.63) is 64.2 Å². The molecule has 1 atom stereocenters. The van der Waals surface area contributed by atoms with Crippen molar-refractivity contribution in [2.24, 2.45) is 4.99 Å². The zero-order valence-corrected chi connectivity index (χ0v) is 12.9. The number of anilines is 1. The normalized spacial score (nSPS) is 17.1. The lowest BCUT2D eigenvalue weighted by molar-refractivity contribution is 0.608. The molecule has 2 aromatic carbocycles. The lowest BCUT2D eigenvalue weighted by atomic mass is 9.85. The summed E-state index contributed by atoms with van der Waals surface area (Å²) in [5.41, 5.74) is 10.2. The first-order chi connectivity index (χ1) is 10.1. The van der Waals surface area contributed by atoms with Crippen LogP contribution in [0.5, 0.6) is 0 Å². The van der Waals surface area contributed by atoms with Gasteiger partial charge in [-0.3, -0.25) is 4.99 Å². The van der Waals surface area contributed by atoms with Crippen LogP contribution in [-0.4, -0.2) is 31.4 Å². The van der Waals surface area contributed by atoms with Crippen LogP contribution in [0.2, 0.25) is 5.02 Å². The van der Waals surface area contributed by atoms with Gasteiger partial charge in [-0.15, -0.1) is 0 Å². The Morgan fingerprint density at radius 1 is 1.14 bits per heavy atom. The summed E-state index contributed by atoms with van der Waals surface area (Å²) >= 11 is 6.21. The summed E-state index contributed by atoms with van der Waals surface area (Å²) in [4.78, 5) is 6.80. The molecule has 0 saturated carbocycles. The Bertz CT molecular complexity index is 690. The van der Waals surface area contributed by atoms with Crippen molar-refractivity contribution in [2.45, 2.75) is 5.92 Å². The summed E-state index contributed by atoms with van der Waals surface area (Å²) in [5.74, 6) is 1.23. The maximum atomic E-state index is 6.21. The second kappa shape index (κ2) is 5.41. The van der Waals surface area contributed by atoms with Crippen LogP contribution in [-0.2, 0) is 0 Å². The Morgan fingerprint density at radius 2 is 1.86 bits per heavy atom. The first-order valence-corrected chi connectivity index (χ1v) is 7.31. The molecule has 3 rings (SSSR count). The van der Waals surface area contributed by atoms with Gasteiger partial charge in [-0.2, -0.15) is 0 Å². The second-order valence-electron chi connectivity index (χ2n) is 5.51. The highest BCUT2D eigenvalue weighted by molar-refractivity contribution is 6.30. The van der Waals surface area contributed by atoms with Crippen molar-refractivity contribution in [1.29, 1.82) is 0 Å². The van der Waals surface area contributed by atoms with Crippen LogP contribution in [0, 0.1) is 0 Å². The molecule has 1 aliphatic heterocycles. The minimum Gasteiger partial charge on any atom is -0.399 e. The molecule has 0 aromatic heterocycles. The topological polar surface area (TPSA) is 41.6 Å². The molecule has 0 amide bonds. The third-order valence-electron chi connectivity index (χ3n) is 3.82. The number of hydrogen-bond acceptors (Lipinski definition) is 3. The third-order valence-corrected chi connectivity index (χ3v) is 4.05. The van der Waals surface area contributed by atoms with Gasteiger partial charge in [0.1, 0.15) is 5.84 Å². The fourth-order valence-electron chi connectivity index (χ4n) is 2.78. The van der Waals surface area contributed by atoms with E-state index in [1.807, 2.05) is 37.2 Å². The largest absolute Gasteiger partial charge is 0.399 e. The summed E-state index contributed by atoms with van der Waals surface area (Å²) in [6, 6.07) is 14.0. The zero-order chi connectivity index (χ0) is 15.0. The lowest BCUT2D eigenvalue weighted by Gasteiger charge is -2.28. The third kappa shape index (κ3) is 2.61. The van der Waals surface area contributed by atoms with E-state index < -0.39 is 0 Å². The zero-order valence-electron chi connectivity index (χ0n) is 12.2. The number of amidine groups is 1. The molecule has 2 N–H and O–H groups in total. The van der Waals surface area contributed by atoms with Crippen LogP contribution in [0.25, 0.3) is 0 Å². The average molecular weight is 300 g/mol. The van der Waals surface area contributed by atoms with Crippen molar-refractivity contribution in [3.8, 4) is 0 Å². The number of nitrogens with zero attached hydrogens (tertiary/aromatic N) is 2. The Hall–Kier alpha value is -2.00. The highest BCUT2D eigenvalue weighted by Gasteiger charge is 2.25. The average Bonchev–Trinajstić information content (AvgIpc) is 2.46. The maximum Gasteiger partial charge on any atom is 0.130 e. The minimum absolute atomic E-state index is 0.225. The molecule has 0 saturated heterocycles. The number of aliphatic imine (C=N–C) groups is 1. The number of halogens is 1. The Morgan fingerprint density at radius 3 is 2.52 bits per heavy atom. The number of hydrogen-bond donors (Lipinski definition) is 1. The van der Waals surface area contributed by atoms with E-state index in [2.05, 4.69) is 24.3 Å². The SMILES string of the molecule is CN(C)C1=NCC(c2ccc(N)cc2)c2cc(Cl)ccc21. The molecule has 0 aliphatic carbocycles. The molecular formula is C17H18ClN3. The summed E-state index contributed by atoms with van der Waals surface area (Å²) in [7, 11) is 4.03. The van der Waals surface area contributed by atoms with E-state index in [1.165, 1.54) is 11.1 Å². The van der Waals surface area contributed by atoms with Gasteiger partial charge < -0.3 is 10.6 Å². The van der Waals surface area contributed by atoms with Gasteiger partial charge in [0, 0.05) is 36.3 Å². The van der Waals surface area contributed by atoms with Gasteiger partial charge in [-0.25, -0.2) is 0 Å². The summed E-state index contributed by atoms with van der Waals surface area (Å²) < 4.78 is 0. The Kier molecular flexibility index (Phi) is 3.60. The van der Waals surface area contributed by atoms with Crippen molar-refractivity contribution in [2.75, 3.05) is 26.4 Å². The van der Waals surface area contributed by atoms with E-state index in [4.69, 9.17) is 22.3 Å². The molecule has 0 bridgehead atoms. The van der Waals surface area contributed by atoms with Gasteiger partial charge in [0.05, 0.1) is 6.54 Å². The van der Waals surface area contributed by atoms with Crippen LogP contribution >= 0.6 is 11.6 Å². The van der Waals surface area contributed by atoms with Gasteiger partial charge >= 0.3 is 0 Å². The fraction of sp³-hybridized carbons (Fsp3) is 0.235. The van der Waals surface area contributed by atoms with Crippen LogP contribution in [0.15, 0.2) is 47.5 Å². The highest BCUT2D eigenvalue weighted by Crippen LogP contribution is 2.34.